The molecule has 1 N–H and O–H groups in total. The molecule has 3 rings (SSSR count). The molecule has 2 saturated heterocycles. The van der Waals surface area contributed by atoms with Gasteiger partial charge in [-0.3, -0.25) is 14.9 Å². The van der Waals surface area contributed by atoms with Crippen LogP contribution in [0.15, 0.2) is 24.3 Å². The molecule has 3 unspecified atom stereocenters. The molecule has 3 atom stereocenters. The van der Waals surface area contributed by atoms with E-state index < -0.39 is 11.3 Å². The summed E-state index contributed by atoms with van der Waals surface area (Å²) in [7, 11) is 0. The summed E-state index contributed by atoms with van der Waals surface area (Å²) in [4.78, 5) is 24.2. The number of piperidine rings is 1. The van der Waals surface area contributed by atoms with Crippen LogP contribution in [0.4, 0.5) is 4.39 Å². The molecule has 0 aliphatic carbocycles. The normalized spacial score (nSPS) is 33.5. The SMILES string of the molecule is CC1SCCC12CC(=O)NC(=O)C2c1ccccc1F. The molecule has 20 heavy (non-hydrogen) atoms. The standard InChI is InChI=1S/C15H16FNO2S/c1-9-15(6-7-20-9)8-12(18)17-14(19)13(15)10-4-2-3-5-11(10)16/h2-5,9,13H,6-8H2,1H3,(H,17,18,19). The monoisotopic (exact) mass is 293 g/mol. The van der Waals surface area contributed by atoms with E-state index in [2.05, 4.69) is 5.32 Å². The zero-order chi connectivity index (χ0) is 14.3. The fourth-order valence-electron chi connectivity index (χ4n) is 3.48. The second-order valence-electron chi connectivity index (χ2n) is 5.54. The van der Waals surface area contributed by atoms with Gasteiger partial charge < -0.3 is 0 Å². The first-order valence-corrected chi connectivity index (χ1v) is 7.79. The Hall–Kier alpha value is -1.36. The first kappa shape index (κ1) is 13.6. The lowest BCUT2D eigenvalue weighted by atomic mass is 9.64. The molecule has 2 heterocycles. The number of carbonyl (C=O) groups is 2. The number of rotatable bonds is 1. The first-order valence-electron chi connectivity index (χ1n) is 6.74. The van der Waals surface area contributed by atoms with Gasteiger partial charge in [-0.1, -0.05) is 25.1 Å². The van der Waals surface area contributed by atoms with E-state index in [4.69, 9.17) is 0 Å². The van der Waals surface area contributed by atoms with Crippen molar-refractivity contribution in [1.29, 1.82) is 0 Å². The van der Waals surface area contributed by atoms with E-state index in [1.165, 1.54) is 6.07 Å². The molecule has 5 heteroatoms. The van der Waals surface area contributed by atoms with E-state index in [0.717, 1.165) is 12.2 Å². The van der Waals surface area contributed by atoms with E-state index >= 15 is 0 Å². The Bertz CT molecular complexity index is 577. The van der Waals surface area contributed by atoms with Crippen LogP contribution in [0.1, 0.15) is 31.2 Å². The second-order valence-corrected chi connectivity index (χ2v) is 6.99. The molecule has 1 spiro atoms. The predicted molar refractivity (Wildman–Crippen MR) is 75.9 cm³/mol. The zero-order valence-corrected chi connectivity index (χ0v) is 12.0. The summed E-state index contributed by atoms with van der Waals surface area (Å²) in [6, 6.07) is 6.39. The van der Waals surface area contributed by atoms with Gasteiger partial charge in [0.05, 0.1) is 5.92 Å². The average molecular weight is 293 g/mol. The molecule has 0 aromatic heterocycles. The van der Waals surface area contributed by atoms with Crippen LogP contribution in [-0.2, 0) is 9.59 Å². The van der Waals surface area contributed by atoms with E-state index in [9.17, 15) is 14.0 Å². The fourth-order valence-corrected chi connectivity index (χ4v) is 5.00. The van der Waals surface area contributed by atoms with Crippen molar-refractivity contribution in [3.63, 3.8) is 0 Å². The van der Waals surface area contributed by atoms with E-state index in [-0.39, 0.29) is 22.9 Å². The number of benzene rings is 1. The quantitative estimate of drug-likeness (QED) is 0.809. The Morgan fingerprint density at radius 2 is 2.10 bits per heavy atom. The Labute approximate surface area is 121 Å². The van der Waals surface area contributed by atoms with Gasteiger partial charge in [0.2, 0.25) is 11.8 Å². The maximum absolute atomic E-state index is 14.1. The highest BCUT2D eigenvalue weighted by molar-refractivity contribution is 8.00. The number of halogens is 1. The molecular weight excluding hydrogens is 277 g/mol. The van der Waals surface area contributed by atoms with E-state index in [1.807, 2.05) is 6.92 Å². The first-order chi connectivity index (χ1) is 9.54. The van der Waals surface area contributed by atoms with Crippen LogP contribution < -0.4 is 5.32 Å². The smallest absolute Gasteiger partial charge is 0.234 e. The number of nitrogens with one attached hydrogen (secondary N) is 1. The zero-order valence-electron chi connectivity index (χ0n) is 11.2. The lowest BCUT2D eigenvalue weighted by Crippen LogP contribution is -2.53. The molecule has 2 fully saturated rings. The van der Waals surface area contributed by atoms with Gasteiger partial charge in [-0.05, 0) is 18.2 Å². The second kappa shape index (κ2) is 4.88. The third-order valence-corrected chi connectivity index (χ3v) is 5.96. The summed E-state index contributed by atoms with van der Waals surface area (Å²) in [5.41, 5.74) is -0.0430. The van der Waals surface area contributed by atoms with Crippen LogP contribution in [0.25, 0.3) is 0 Å². The summed E-state index contributed by atoms with van der Waals surface area (Å²) in [5.74, 6) is -0.637. The van der Waals surface area contributed by atoms with Crippen LogP contribution in [0.5, 0.6) is 0 Å². The van der Waals surface area contributed by atoms with Crippen molar-refractivity contribution in [1.82, 2.24) is 5.32 Å². The summed E-state index contributed by atoms with van der Waals surface area (Å²) >= 11 is 1.76. The van der Waals surface area contributed by atoms with Crippen molar-refractivity contribution in [3.05, 3.63) is 35.6 Å². The van der Waals surface area contributed by atoms with Gasteiger partial charge in [-0.15, -0.1) is 0 Å². The largest absolute Gasteiger partial charge is 0.296 e. The lowest BCUT2D eigenvalue weighted by Gasteiger charge is -2.42. The highest BCUT2D eigenvalue weighted by Gasteiger charge is 2.55. The molecule has 2 amide bonds. The van der Waals surface area contributed by atoms with Gasteiger partial charge in [-0.2, -0.15) is 11.8 Å². The van der Waals surface area contributed by atoms with Crippen LogP contribution in [0.2, 0.25) is 0 Å². The molecule has 2 aliphatic heterocycles. The highest BCUT2D eigenvalue weighted by Crippen LogP contribution is 2.55. The van der Waals surface area contributed by atoms with Gasteiger partial charge in [0, 0.05) is 22.6 Å². The van der Waals surface area contributed by atoms with Crippen molar-refractivity contribution in [3.8, 4) is 0 Å². The van der Waals surface area contributed by atoms with E-state index in [1.54, 1.807) is 30.0 Å². The van der Waals surface area contributed by atoms with Gasteiger partial charge in [0.1, 0.15) is 5.82 Å². The Morgan fingerprint density at radius 3 is 2.75 bits per heavy atom. The molecule has 2 aliphatic rings. The minimum absolute atomic E-state index is 0.169. The highest BCUT2D eigenvalue weighted by atomic mass is 32.2. The number of carbonyl (C=O) groups excluding carboxylic acids is 2. The number of imide groups is 1. The predicted octanol–water partition coefficient (Wildman–Crippen LogP) is 2.47. The summed E-state index contributed by atoms with van der Waals surface area (Å²) in [5, 5.41) is 2.54. The minimum Gasteiger partial charge on any atom is -0.296 e. The van der Waals surface area contributed by atoms with Crippen LogP contribution in [0, 0.1) is 11.2 Å². The Kier molecular flexibility index (Phi) is 3.32. The molecule has 0 radical (unpaired) electrons. The molecule has 0 saturated carbocycles. The van der Waals surface area contributed by atoms with Gasteiger partial charge in [0.25, 0.3) is 0 Å². The van der Waals surface area contributed by atoms with Gasteiger partial charge >= 0.3 is 0 Å². The summed E-state index contributed by atoms with van der Waals surface area (Å²) in [6.07, 6.45) is 1.07. The third-order valence-electron chi connectivity index (χ3n) is 4.55. The molecule has 1 aromatic rings. The van der Waals surface area contributed by atoms with Crippen molar-refractivity contribution in [2.45, 2.75) is 30.9 Å². The van der Waals surface area contributed by atoms with Crippen molar-refractivity contribution in [2.24, 2.45) is 5.41 Å². The molecule has 3 nitrogen and oxygen atoms in total. The lowest BCUT2D eigenvalue weighted by molar-refractivity contribution is -0.140. The molecule has 106 valence electrons. The third kappa shape index (κ3) is 1.95. The Morgan fingerprint density at radius 1 is 1.35 bits per heavy atom. The van der Waals surface area contributed by atoms with Crippen molar-refractivity contribution >= 4 is 23.6 Å². The van der Waals surface area contributed by atoms with Crippen molar-refractivity contribution in [2.75, 3.05) is 5.75 Å². The van der Waals surface area contributed by atoms with Crippen LogP contribution in [0.3, 0.4) is 0 Å². The van der Waals surface area contributed by atoms with Gasteiger partial charge in [0.15, 0.2) is 0 Å². The van der Waals surface area contributed by atoms with Crippen LogP contribution in [-0.4, -0.2) is 22.8 Å². The maximum Gasteiger partial charge on any atom is 0.234 e. The topological polar surface area (TPSA) is 46.2 Å². The maximum atomic E-state index is 14.1. The molecule has 0 bridgehead atoms. The number of hydrogen-bond acceptors (Lipinski definition) is 3. The fraction of sp³-hybridized carbons (Fsp3) is 0.467. The van der Waals surface area contributed by atoms with Crippen LogP contribution >= 0.6 is 11.8 Å². The number of thioether (sulfide) groups is 1. The Balaban J connectivity index is 2.12. The van der Waals surface area contributed by atoms with Gasteiger partial charge in [-0.25, -0.2) is 4.39 Å². The molecule has 1 aromatic carbocycles. The average Bonchev–Trinajstić information content (AvgIpc) is 2.72. The number of amides is 2. The number of hydrogen-bond donors (Lipinski definition) is 1. The van der Waals surface area contributed by atoms with Crippen molar-refractivity contribution < 1.29 is 14.0 Å². The minimum atomic E-state index is -0.577. The van der Waals surface area contributed by atoms with E-state index in [0.29, 0.717) is 12.0 Å². The molecular formula is C15H16FNO2S. The summed E-state index contributed by atoms with van der Waals surface area (Å²) < 4.78 is 14.1. The summed E-state index contributed by atoms with van der Waals surface area (Å²) in [6.45, 7) is 2.04.